The SMILES string of the molecule is COc1cc(C[C@@H]2CC(CNCC3CCOCC3)=NO2)cc2c1OCO2. The van der Waals surface area contributed by atoms with Gasteiger partial charge in [-0.25, -0.2) is 0 Å². The molecule has 0 unspecified atom stereocenters. The largest absolute Gasteiger partial charge is 0.493 e. The Labute approximate surface area is 153 Å². The molecule has 7 heteroatoms. The van der Waals surface area contributed by atoms with E-state index in [1.165, 1.54) is 0 Å². The van der Waals surface area contributed by atoms with E-state index in [1.807, 2.05) is 12.1 Å². The Morgan fingerprint density at radius 3 is 2.96 bits per heavy atom. The lowest BCUT2D eigenvalue weighted by atomic mass is 10.00. The summed E-state index contributed by atoms with van der Waals surface area (Å²) < 4.78 is 21.7. The van der Waals surface area contributed by atoms with Crippen LogP contribution in [-0.2, 0) is 16.0 Å². The predicted molar refractivity (Wildman–Crippen MR) is 96.2 cm³/mol. The highest BCUT2D eigenvalue weighted by molar-refractivity contribution is 5.87. The fourth-order valence-electron chi connectivity index (χ4n) is 3.64. The van der Waals surface area contributed by atoms with Crippen molar-refractivity contribution >= 4 is 5.71 Å². The monoisotopic (exact) mass is 362 g/mol. The van der Waals surface area contributed by atoms with Crippen LogP contribution in [0.25, 0.3) is 0 Å². The molecule has 142 valence electrons. The Hall–Kier alpha value is -1.99. The van der Waals surface area contributed by atoms with Crippen LogP contribution in [-0.4, -0.2) is 52.0 Å². The number of ether oxygens (including phenoxy) is 4. The summed E-state index contributed by atoms with van der Waals surface area (Å²) in [7, 11) is 1.64. The maximum atomic E-state index is 5.62. The summed E-state index contributed by atoms with van der Waals surface area (Å²) in [6.45, 7) is 3.82. The molecule has 0 saturated carbocycles. The number of fused-ring (bicyclic) bond motifs is 1. The zero-order valence-corrected chi connectivity index (χ0v) is 15.2. The Bertz CT molecular complexity index is 658. The second kappa shape index (κ2) is 8.14. The van der Waals surface area contributed by atoms with Crippen LogP contribution in [0.4, 0.5) is 0 Å². The zero-order chi connectivity index (χ0) is 17.8. The highest BCUT2D eigenvalue weighted by Gasteiger charge is 2.25. The van der Waals surface area contributed by atoms with Gasteiger partial charge in [0.25, 0.3) is 0 Å². The molecule has 1 aromatic rings. The van der Waals surface area contributed by atoms with E-state index in [0.717, 1.165) is 69.0 Å². The van der Waals surface area contributed by atoms with E-state index in [2.05, 4.69) is 10.5 Å². The van der Waals surface area contributed by atoms with Crippen molar-refractivity contribution in [1.29, 1.82) is 0 Å². The van der Waals surface area contributed by atoms with Crippen LogP contribution < -0.4 is 19.5 Å². The molecule has 0 amide bonds. The van der Waals surface area contributed by atoms with Gasteiger partial charge in [-0.2, -0.15) is 0 Å². The molecule has 0 spiro atoms. The lowest BCUT2D eigenvalue weighted by molar-refractivity contribution is 0.0667. The van der Waals surface area contributed by atoms with Gasteiger partial charge in [0.2, 0.25) is 12.5 Å². The quantitative estimate of drug-likeness (QED) is 0.801. The van der Waals surface area contributed by atoms with Gasteiger partial charge in [0.1, 0.15) is 6.10 Å². The van der Waals surface area contributed by atoms with Crippen molar-refractivity contribution in [2.24, 2.45) is 11.1 Å². The third-order valence-electron chi connectivity index (χ3n) is 5.08. The van der Waals surface area contributed by atoms with Crippen molar-refractivity contribution in [1.82, 2.24) is 5.32 Å². The standard InChI is InChI=1S/C19H26N2O5/c1-22-17-7-14(8-18-19(17)25-12-24-18)6-16-9-15(21-26-16)11-20-10-13-2-4-23-5-3-13/h7-8,13,16,20H,2-6,9-12H2,1H3/t16-/m1/s1. The lowest BCUT2D eigenvalue weighted by Crippen LogP contribution is -2.31. The average Bonchev–Trinajstić information content (AvgIpc) is 3.31. The second-order valence-electron chi connectivity index (χ2n) is 7.01. The van der Waals surface area contributed by atoms with Gasteiger partial charge in [-0.3, -0.25) is 0 Å². The Kier molecular flexibility index (Phi) is 5.45. The van der Waals surface area contributed by atoms with Gasteiger partial charge >= 0.3 is 0 Å². The maximum Gasteiger partial charge on any atom is 0.231 e. The van der Waals surface area contributed by atoms with Gasteiger partial charge in [-0.1, -0.05) is 5.16 Å². The zero-order valence-electron chi connectivity index (χ0n) is 15.2. The minimum atomic E-state index is 0.0555. The van der Waals surface area contributed by atoms with Gasteiger partial charge in [-0.15, -0.1) is 0 Å². The van der Waals surface area contributed by atoms with Gasteiger partial charge in [0.05, 0.1) is 12.8 Å². The van der Waals surface area contributed by atoms with Crippen molar-refractivity contribution in [3.63, 3.8) is 0 Å². The first-order chi connectivity index (χ1) is 12.8. The molecule has 1 N–H and O–H groups in total. The molecule has 7 nitrogen and oxygen atoms in total. The van der Waals surface area contributed by atoms with E-state index in [4.69, 9.17) is 23.8 Å². The molecule has 0 aromatic heterocycles. The molecular formula is C19H26N2O5. The third-order valence-corrected chi connectivity index (χ3v) is 5.08. The van der Waals surface area contributed by atoms with E-state index in [9.17, 15) is 0 Å². The third kappa shape index (κ3) is 4.04. The average molecular weight is 362 g/mol. The molecule has 1 aromatic carbocycles. The van der Waals surface area contributed by atoms with Crippen molar-refractivity contribution in [3.8, 4) is 17.2 Å². The highest BCUT2D eigenvalue weighted by Crippen LogP contribution is 2.42. The van der Waals surface area contributed by atoms with Crippen LogP contribution in [0.5, 0.6) is 17.2 Å². The minimum Gasteiger partial charge on any atom is -0.493 e. The number of nitrogens with one attached hydrogen (secondary N) is 1. The first kappa shape index (κ1) is 17.4. The molecule has 0 radical (unpaired) electrons. The van der Waals surface area contributed by atoms with E-state index in [-0.39, 0.29) is 12.9 Å². The molecule has 0 aliphatic carbocycles. The number of oxime groups is 1. The lowest BCUT2D eigenvalue weighted by Gasteiger charge is -2.22. The minimum absolute atomic E-state index is 0.0555. The number of rotatable bonds is 7. The molecular weight excluding hydrogens is 336 g/mol. The number of nitrogens with zero attached hydrogens (tertiary/aromatic N) is 1. The van der Waals surface area contributed by atoms with Crippen LogP contribution in [0.15, 0.2) is 17.3 Å². The Morgan fingerprint density at radius 2 is 2.12 bits per heavy atom. The summed E-state index contributed by atoms with van der Waals surface area (Å²) in [5.74, 6) is 2.82. The maximum absolute atomic E-state index is 5.62. The van der Waals surface area contributed by atoms with Crippen molar-refractivity contribution in [2.75, 3.05) is 40.2 Å². The van der Waals surface area contributed by atoms with Crippen molar-refractivity contribution in [3.05, 3.63) is 17.7 Å². The molecule has 1 fully saturated rings. The fraction of sp³-hybridized carbons (Fsp3) is 0.632. The van der Waals surface area contributed by atoms with Gasteiger partial charge in [-0.05, 0) is 43.0 Å². The second-order valence-corrected chi connectivity index (χ2v) is 7.01. The van der Waals surface area contributed by atoms with Crippen LogP contribution in [0.2, 0.25) is 0 Å². The van der Waals surface area contributed by atoms with Gasteiger partial charge in [0, 0.05) is 32.6 Å². The van der Waals surface area contributed by atoms with Crippen LogP contribution in [0.3, 0.4) is 0 Å². The summed E-state index contributed by atoms with van der Waals surface area (Å²) in [5, 5.41) is 7.76. The first-order valence-corrected chi connectivity index (χ1v) is 9.28. The molecule has 3 aliphatic heterocycles. The number of hydrogen-bond acceptors (Lipinski definition) is 7. The van der Waals surface area contributed by atoms with Crippen LogP contribution >= 0.6 is 0 Å². The van der Waals surface area contributed by atoms with Crippen molar-refractivity contribution in [2.45, 2.75) is 31.8 Å². The fourth-order valence-corrected chi connectivity index (χ4v) is 3.64. The molecule has 26 heavy (non-hydrogen) atoms. The summed E-state index contributed by atoms with van der Waals surface area (Å²) in [5.41, 5.74) is 2.18. The summed E-state index contributed by atoms with van der Waals surface area (Å²) >= 11 is 0. The van der Waals surface area contributed by atoms with E-state index >= 15 is 0 Å². The predicted octanol–water partition coefficient (Wildman–Crippen LogP) is 2.13. The molecule has 1 atom stereocenters. The normalized spacial score (nSPS) is 22.2. The molecule has 4 rings (SSSR count). The number of methoxy groups -OCH3 is 1. The molecule has 3 aliphatic rings. The van der Waals surface area contributed by atoms with E-state index < -0.39 is 0 Å². The van der Waals surface area contributed by atoms with E-state index in [1.54, 1.807) is 7.11 Å². The van der Waals surface area contributed by atoms with Crippen molar-refractivity contribution < 1.29 is 23.8 Å². The smallest absolute Gasteiger partial charge is 0.231 e. The van der Waals surface area contributed by atoms with Gasteiger partial charge in [0.15, 0.2) is 11.5 Å². The number of hydrogen-bond donors (Lipinski definition) is 1. The molecule has 3 heterocycles. The topological polar surface area (TPSA) is 70.5 Å². The van der Waals surface area contributed by atoms with E-state index in [0.29, 0.717) is 17.4 Å². The highest BCUT2D eigenvalue weighted by atomic mass is 16.7. The Balaban J connectivity index is 1.25. The molecule has 0 bridgehead atoms. The van der Waals surface area contributed by atoms with Crippen LogP contribution in [0, 0.1) is 5.92 Å². The van der Waals surface area contributed by atoms with Crippen LogP contribution in [0.1, 0.15) is 24.8 Å². The summed E-state index contributed by atoms with van der Waals surface area (Å²) in [6.07, 6.45) is 3.95. The molecule has 1 saturated heterocycles. The number of benzene rings is 1. The van der Waals surface area contributed by atoms with Gasteiger partial charge < -0.3 is 29.1 Å². The Morgan fingerprint density at radius 1 is 1.23 bits per heavy atom. The summed E-state index contributed by atoms with van der Waals surface area (Å²) in [6, 6.07) is 3.98. The summed E-state index contributed by atoms with van der Waals surface area (Å²) in [4.78, 5) is 5.62. The first-order valence-electron chi connectivity index (χ1n) is 9.28.